The molecular formula is C40H39N3O2S. The second kappa shape index (κ2) is 15.5. The summed E-state index contributed by atoms with van der Waals surface area (Å²) in [5.74, 6) is 0.790. The number of hydrogen-bond donors (Lipinski definition) is 2. The molecule has 0 bridgehead atoms. The van der Waals surface area contributed by atoms with Crippen LogP contribution < -0.4 is 15.5 Å². The van der Waals surface area contributed by atoms with E-state index in [1.807, 2.05) is 103 Å². The van der Waals surface area contributed by atoms with E-state index < -0.39 is 0 Å². The van der Waals surface area contributed by atoms with E-state index in [-0.39, 0.29) is 23.7 Å². The van der Waals surface area contributed by atoms with Crippen LogP contribution in [-0.4, -0.2) is 24.9 Å². The van der Waals surface area contributed by atoms with Gasteiger partial charge in [0, 0.05) is 47.2 Å². The third-order valence-electron chi connectivity index (χ3n) is 8.65. The van der Waals surface area contributed by atoms with E-state index >= 15 is 0 Å². The highest BCUT2D eigenvalue weighted by atomic mass is 32.2. The van der Waals surface area contributed by atoms with Crippen LogP contribution in [0.25, 0.3) is 0 Å². The van der Waals surface area contributed by atoms with Crippen LogP contribution in [0.15, 0.2) is 144 Å². The van der Waals surface area contributed by atoms with Crippen molar-refractivity contribution in [1.29, 1.82) is 0 Å². The van der Waals surface area contributed by atoms with Crippen LogP contribution in [0.3, 0.4) is 0 Å². The summed E-state index contributed by atoms with van der Waals surface area (Å²) in [6.07, 6.45) is 1.85. The molecule has 0 saturated carbocycles. The molecule has 0 aliphatic carbocycles. The van der Waals surface area contributed by atoms with Crippen LogP contribution in [0.4, 0.5) is 11.4 Å². The van der Waals surface area contributed by atoms with Crippen LogP contribution in [-0.2, 0) is 17.1 Å². The molecule has 2 N–H and O–H groups in total. The first-order chi connectivity index (χ1) is 22.6. The number of piperidine rings is 1. The molecule has 1 aliphatic heterocycles. The minimum Gasteiger partial charge on any atom is -0.372 e. The molecule has 0 aromatic heterocycles. The Morgan fingerprint density at radius 3 is 2.02 bits per heavy atom. The highest BCUT2D eigenvalue weighted by molar-refractivity contribution is 7.98. The van der Waals surface area contributed by atoms with Gasteiger partial charge >= 0.3 is 0 Å². The quantitative estimate of drug-likeness (QED) is 0.144. The molecule has 5 aromatic rings. The summed E-state index contributed by atoms with van der Waals surface area (Å²) in [5, 5.41) is 6.29. The van der Waals surface area contributed by atoms with Crippen LogP contribution in [0.5, 0.6) is 0 Å². The zero-order valence-electron chi connectivity index (χ0n) is 25.8. The van der Waals surface area contributed by atoms with Crippen LogP contribution in [0.1, 0.15) is 45.8 Å². The molecule has 1 saturated heterocycles. The lowest BCUT2D eigenvalue weighted by Crippen LogP contribution is -2.40. The summed E-state index contributed by atoms with van der Waals surface area (Å²) in [6.45, 7) is 2.28. The van der Waals surface area contributed by atoms with E-state index in [1.165, 1.54) is 4.90 Å². The van der Waals surface area contributed by atoms with E-state index in [0.717, 1.165) is 59.7 Å². The van der Waals surface area contributed by atoms with Gasteiger partial charge in [-0.25, -0.2) is 0 Å². The Hall–Kier alpha value is -4.81. The summed E-state index contributed by atoms with van der Waals surface area (Å²) >= 11 is 1.72. The Kier molecular flexibility index (Phi) is 10.5. The smallest absolute Gasteiger partial charge is 0.255 e. The summed E-state index contributed by atoms with van der Waals surface area (Å²) in [5.41, 5.74) is 5.78. The molecule has 6 heteroatoms. The lowest BCUT2D eigenvalue weighted by Gasteiger charge is -2.37. The van der Waals surface area contributed by atoms with E-state index in [4.69, 9.17) is 0 Å². The Morgan fingerprint density at radius 1 is 0.717 bits per heavy atom. The number of nitrogens with one attached hydrogen (secondary N) is 2. The van der Waals surface area contributed by atoms with Crippen molar-refractivity contribution in [2.75, 3.05) is 23.3 Å². The number of rotatable bonds is 11. The summed E-state index contributed by atoms with van der Waals surface area (Å²) in [6, 6.07) is 46.4. The molecule has 6 rings (SSSR count). The summed E-state index contributed by atoms with van der Waals surface area (Å²) < 4.78 is 0. The number of benzene rings is 5. The third kappa shape index (κ3) is 8.06. The Bertz CT molecular complexity index is 1700. The number of anilines is 2. The van der Waals surface area contributed by atoms with Gasteiger partial charge in [0.05, 0.1) is 5.92 Å². The molecule has 1 atom stereocenters. The Labute approximate surface area is 276 Å². The zero-order valence-corrected chi connectivity index (χ0v) is 26.7. The number of carbonyl (C=O) groups excluding carboxylic acids is 2. The maximum absolute atomic E-state index is 13.6. The number of hydrogen-bond acceptors (Lipinski definition) is 4. The maximum Gasteiger partial charge on any atom is 0.255 e. The highest BCUT2D eigenvalue weighted by Gasteiger charge is 2.32. The number of carbonyl (C=O) groups is 2. The molecule has 5 aromatic carbocycles. The van der Waals surface area contributed by atoms with Gasteiger partial charge in [-0.2, -0.15) is 0 Å². The predicted molar refractivity (Wildman–Crippen MR) is 189 cm³/mol. The largest absolute Gasteiger partial charge is 0.372 e. The van der Waals surface area contributed by atoms with E-state index in [2.05, 4.69) is 51.9 Å². The van der Waals surface area contributed by atoms with Crippen LogP contribution in [0, 0.1) is 5.92 Å². The van der Waals surface area contributed by atoms with Gasteiger partial charge in [-0.1, -0.05) is 97.1 Å². The monoisotopic (exact) mass is 625 g/mol. The minimum absolute atomic E-state index is 0.0915. The van der Waals surface area contributed by atoms with E-state index in [0.29, 0.717) is 12.1 Å². The van der Waals surface area contributed by atoms with E-state index in [9.17, 15) is 9.59 Å². The first-order valence-corrected chi connectivity index (χ1v) is 16.9. The average molecular weight is 626 g/mol. The van der Waals surface area contributed by atoms with Crippen molar-refractivity contribution in [2.45, 2.75) is 36.0 Å². The van der Waals surface area contributed by atoms with Crippen molar-refractivity contribution in [3.05, 3.63) is 162 Å². The SMILES string of the molecule is O=C(Nc1ccc(N2CCC(C(C(=O)NCc3ccccc3)c3ccccc3)CC2)cc1)c1ccccc1CSc1ccccc1. The average Bonchev–Trinajstić information content (AvgIpc) is 3.12. The van der Waals surface area contributed by atoms with Crippen molar-refractivity contribution in [3.8, 4) is 0 Å². The van der Waals surface area contributed by atoms with Gasteiger partial charge in [0.15, 0.2) is 0 Å². The summed E-state index contributed by atoms with van der Waals surface area (Å²) in [4.78, 5) is 30.4. The lowest BCUT2D eigenvalue weighted by molar-refractivity contribution is -0.124. The molecule has 2 amide bonds. The van der Waals surface area contributed by atoms with Crippen molar-refractivity contribution in [2.24, 2.45) is 5.92 Å². The first-order valence-electron chi connectivity index (χ1n) is 15.9. The van der Waals surface area contributed by atoms with Crippen molar-refractivity contribution < 1.29 is 9.59 Å². The molecule has 232 valence electrons. The molecule has 1 unspecified atom stereocenters. The maximum atomic E-state index is 13.6. The van der Waals surface area contributed by atoms with Crippen molar-refractivity contribution >= 4 is 35.0 Å². The van der Waals surface area contributed by atoms with Gasteiger partial charge in [0.25, 0.3) is 5.91 Å². The first kappa shape index (κ1) is 31.2. The summed E-state index contributed by atoms with van der Waals surface area (Å²) in [7, 11) is 0. The van der Waals surface area contributed by atoms with Gasteiger partial charge < -0.3 is 15.5 Å². The number of amides is 2. The fourth-order valence-corrected chi connectivity index (χ4v) is 7.11. The Balaban J connectivity index is 1.05. The van der Waals surface area contributed by atoms with Gasteiger partial charge in [0.1, 0.15) is 0 Å². The fraction of sp³-hybridized carbons (Fsp3) is 0.200. The van der Waals surface area contributed by atoms with Crippen molar-refractivity contribution in [3.63, 3.8) is 0 Å². The molecule has 0 radical (unpaired) electrons. The predicted octanol–water partition coefficient (Wildman–Crippen LogP) is 8.55. The topological polar surface area (TPSA) is 61.4 Å². The standard InChI is InChI=1S/C40H39N3O2S/c44-39(37-19-11-10-16-33(37)29-46-36-17-8-3-9-18-36)42-34-20-22-35(23-21-34)43-26-24-32(25-27-43)38(31-14-6-2-7-15-31)40(45)41-28-30-12-4-1-5-13-30/h1-23,32,38H,24-29H2,(H,41,45)(H,42,44). The molecule has 0 spiro atoms. The number of thioether (sulfide) groups is 1. The second-order valence-corrected chi connectivity index (χ2v) is 12.7. The lowest BCUT2D eigenvalue weighted by atomic mass is 9.79. The van der Waals surface area contributed by atoms with Crippen LogP contribution >= 0.6 is 11.8 Å². The normalized spacial score (nSPS) is 14.0. The van der Waals surface area contributed by atoms with Gasteiger partial charge in [0.2, 0.25) is 5.91 Å². The Morgan fingerprint density at radius 2 is 1.33 bits per heavy atom. The molecule has 1 fully saturated rings. The molecule has 46 heavy (non-hydrogen) atoms. The zero-order chi connectivity index (χ0) is 31.6. The minimum atomic E-state index is -0.182. The van der Waals surface area contributed by atoms with Gasteiger partial charge in [-0.3, -0.25) is 9.59 Å². The highest BCUT2D eigenvalue weighted by Crippen LogP contribution is 2.35. The fourth-order valence-electron chi connectivity index (χ4n) is 6.18. The van der Waals surface area contributed by atoms with Gasteiger partial charge in [-0.05, 0) is 77.9 Å². The molecular weight excluding hydrogens is 587 g/mol. The van der Waals surface area contributed by atoms with Crippen molar-refractivity contribution in [1.82, 2.24) is 5.32 Å². The molecule has 5 nitrogen and oxygen atoms in total. The third-order valence-corrected chi connectivity index (χ3v) is 9.71. The number of nitrogens with zero attached hydrogens (tertiary/aromatic N) is 1. The van der Waals surface area contributed by atoms with Gasteiger partial charge in [-0.15, -0.1) is 11.8 Å². The second-order valence-electron chi connectivity index (χ2n) is 11.7. The molecule has 1 aliphatic rings. The van der Waals surface area contributed by atoms with E-state index in [1.54, 1.807) is 11.8 Å². The molecule has 1 heterocycles. The van der Waals surface area contributed by atoms with Crippen LogP contribution in [0.2, 0.25) is 0 Å².